The Labute approximate surface area is 148 Å². The topological polar surface area (TPSA) is 49.4 Å². The number of piperidine rings is 1. The van der Waals surface area contributed by atoms with Crippen molar-refractivity contribution in [2.75, 3.05) is 13.1 Å². The van der Waals surface area contributed by atoms with Gasteiger partial charge in [-0.3, -0.25) is 9.59 Å². The van der Waals surface area contributed by atoms with E-state index in [0.29, 0.717) is 18.0 Å². The van der Waals surface area contributed by atoms with Gasteiger partial charge in [-0.1, -0.05) is 42.5 Å². The van der Waals surface area contributed by atoms with Crippen molar-refractivity contribution in [2.24, 2.45) is 0 Å². The van der Waals surface area contributed by atoms with Gasteiger partial charge in [-0.25, -0.2) is 0 Å². The molecule has 0 spiro atoms. The Kier molecular flexibility index (Phi) is 5.49. The van der Waals surface area contributed by atoms with Gasteiger partial charge < -0.3 is 10.2 Å². The molecule has 1 saturated heterocycles. The summed E-state index contributed by atoms with van der Waals surface area (Å²) in [6.45, 7) is 3.58. The Balaban J connectivity index is 1.56. The third-order valence-electron chi connectivity index (χ3n) is 4.80. The van der Waals surface area contributed by atoms with Gasteiger partial charge in [0.2, 0.25) is 5.91 Å². The predicted molar refractivity (Wildman–Crippen MR) is 98.3 cm³/mol. The number of nitrogens with zero attached hydrogens (tertiary/aromatic N) is 1. The van der Waals surface area contributed by atoms with Crippen molar-refractivity contribution in [1.82, 2.24) is 10.2 Å². The van der Waals surface area contributed by atoms with Gasteiger partial charge in [-0.15, -0.1) is 0 Å². The van der Waals surface area contributed by atoms with Gasteiger partial charge >= 0.3 is 0 Å². The first-order valence-electron chi connectivity index (χ1n) is 8.81. The molecule has 0 saturated carbocycles. The molecule has 130 valence electrons. The second-order valence-corrected chi connectivity index (χ2v) is 6.58. The number of hydrogen-bond acceptors (Lipinski definition) is 2. The van der Waals surface area contributed by atoms with E-state index in [1.165, 1.54) is 12.5 Å². The third-order valence-corrected chi connectivity index (χ3v) is 4.80. The van der Waals surface area contributed by atoms with Crippen LogP contribution in [0.1, 0.15) is 47.2 Å². The molecular formula is C21H24N2O2. The van der Waals surface area contributed by atoms with Crippen LogP contribution in [0.4, 0.5) is 0 Å². The molecule has 2 amide bonds. The summed E-state index contributed by atoms with van der Waals surface area (Å²) >= 11 is 0. The fraction of sp³-hybridized carbons (Fsp3) is 0.333. The predicted octanol–water partition coefficient (Wildman–Crippen LogP) is 3.34. The molecular weight excluding hydrogens is 312 g/mol. The van der Waals surface area contributed by atoms with Crippen molar-refractivity contribution in [3.8, 4) is 0 Å². The van der Waals surface area contributed by atoms with Gasteiger partial charge in [0, 0.05) is 32.1 Å². The maximum absolute atomic E-state index is 12.7. The lowest BCUT2D eigenvalue weighted by atomic mass is 9.89. The Hall–Kier alpha value is -2.62. The largest absolute Gasteiger partial charge is 0.352 e. The quantitative estimate of drug-likeness (QED) is 0.931. The molecule has 2 aromatic carbocycles. The summed E-state index contributed by atoms with van der Waals surface area (Å²) in [5, 5.41) is 2.76. The van der Waals surface area contributed by atoms with E-state index in [9.17, 15) is 9.59 Å². The van der Waals surface area contributed by atoms with Gasteiger partial charge in [-0.05, 0) is 42.0 Å². The Morgan fingerprint density at radius 3 is 2.24 bits per heavy atom. The van der Waals surface area contributed by atoms with Crippen LogP contribution in [-0.2, 0) is 11.3 Å². The van der Waals surface area contributed by atoms with Crippen LogP contribution < -0.4 is 5.32 Å². The van der Waals surface area contributed by atoms with Crippen molar-refractivity contribution < 1.29 is 9.59 Å². The highest BCUT2D eigenvalue weighted by Gasteiger charge is 2.24. The number of carbonyl (C=O) groups is 2. The molecule has 1 heterocycles. The lowest BCUT2D eigenvalue weighted by Gasteiger charge is -2.32. The van der Waals surface area contributed by atoms with Gasteiger partial charge in [0.15, 0.2) is 0 Å². The monoisotopic (exact) mass is 336 g/mol. The van der Waals surface area contributed by atoms with Crippen LogP contribution in [0.5, 0.6) is 0 Å². The maximum atomic E-state index is 12.7. The van der Waals surface area contributed by atoms with Crippen LogP contribution in [0.3, 0.4) is 0 Å². The van der Waals surface area contributed by atoms with Crippen LogP contribution in [0.2, 0.25) is 0 Å². The number of likely N-dealkylation sites (tertiary alicyclic amines) is 1. The zero-order chi connectivity index (χ0) is 17.6. The van der Waals surface area contributed by atoms with Gasteiger partial charge in [0.05, 0.1) is 0 Å². The molecule has 1 aliphatic heterocycles. The fourth-order valence-electron chi connectivity index (χ4n) is 3.32. The minimum absolute atomic E-state index is 0.0542. The first kappa shape index (κ1) is 17.2. The van der Waals surface area contributed by atoms with E-state index in [0.717, 1.165) is 31.5 Å². The van der Waals surface area contributed by atoms with Crippen molar-refractivity contribution in [2.45, 2.75) is 32.2 Å². The summed E-state index contributed by atoms with van der Waals surface area (Å²) in [6, 6.07) is 18.1. The van der Waals surface area contributed by atoms with Gasteiger partial charge in [-0.2, -0.15) is 0 Å². The summed E-state index contributed by atoms with van der Waals surface area (Å²) in [4.78, 5) is 25.6. The molecule has 1 N–H and O–H groups in total. The molecule has 1 aliphatic rings. The number of benzene rings is 2. The standard InChI is InChI=1S/C21H24N2O2/c1-16(24)22-15-17-7-9-20(10-8-17)21(25)23-13-11-19(12-14-23)18-5-3-2-4-6-18/h2-10,19H,11-15H2,1H3,(H,22,24). The second kappa shape index (κ2) is 7.97. The lowest BCUT2D eigenvalue weighted by molar-refractivity contribution is -0.119. The highest BCUT2D eigenvalue weighted by Crippen LogP contribution is 2.28. The average molecular weight is 336 g/mol. The molecule has 4 nitrogen and oxygen atoms in total. The molecule has 0 atom stereocenters. The SMILES string of the molecule is CC(=O)NCc1ccc(C(=O)N2CCC(c3ccccc3)CC2)cc1. The van der Waals surface area contributed by atoms with E-state index in [1.54, 1.807) is 0 Å². The molecule has 0 bridgehead atoms. The van der Waals surface area contributed by atoms with E-state index in [4.69, 9.17) is 0 Å². The molecule has 0 aromatic heterocycles. The Bertz CT molecular complexity index is 717. The van der Waals surface area contributed by atoms with Crippen LogP contribution in [-0.4, -0.2) is 29.8 Å². The maximum Gasteiger partial charge on any atom is 0.253 e. The van der Waals surface area contributed by atoms with E-state index in [2.05, 4.69) is 29.6 Å². The number of amides is 2. The summed E-state index contributed by atoms with van der Waals surface area (Å²) < 4.78 is 0. The zero-order valence-corrected chi connectivity index (χ0v) is 14.6. The van der Waals surface area contributed by atoms with E-state index >= 15 is 0 Å². The molecule has 1 fully saturated rings. The average Bonchev–Trinajstić information content (AvgIpc) is 2.67. The normalized spacial score (nSPS) is 15.0. The van der Waals surface area contributed by atoms with Crippen molar-refractivity contribution >= 4 is 11.8 Å². The highest BCUT2D eigenvalue weighted by molar-refractivity contribution is 5.94. The lowest BCUT2D eigenvalue weighted by Crippen LogP contribution is -2.37. The molecule has 2 aromatic rings. The Morgan fingerprint density at radius 2 is 1.64 bits per heavy atom. The first-order valence-corrected chi connectivity index (χ1v) is 8.81. The highest BCUT2D eigenvalue weighted by atomic mass is 16.2. The molecule has 0 aliphatic carbocycles. The van der Waals surface area contributed by atoms with E-state index < -0.39 is 0 Å². The molecule has 25 heavy (non-hydrogen) atoms. The van der Waals surface area contributed by atoms with Gasteiger partial charge in [0.25, 0.3) is 5.91 Å². The summed E-state index contributed by atoms with van der Waals surface area (Å²) in [6.07, 6.45) is 2.02. The molecule has 4 heteroatoms. The zero-order valence-electron chi connectivity index (χ0n) is 14.6. The number of nitrogens with one attached hydrogen (secondary N) is 1. The van der Waals surface area contributed by atoms with Crippen molar-refractivity contribution in [1.29, 1.82) is 0 Å². The summed E-state index contributed by atoms with van der Waals surface area (Å²) in [5.74, 6) is 0.587. The number of carbonyl (C=O) groups excluding carboxylic acids is 2. The summed E-state index contributed by atoms with van der Waals surface area (Å²) in [5.41, 5.74) is 3.08. The van der Waals surface area contributed by atoms with E-state index in [-0.39, 0.29) is 11.8 Å². The smallest absolute Gasteiger partial charge is 0.253 e. The van der Waals surface area contributed by atoms with Crippen LogP contribution in [0.15, 0.2) is 54.6 Å². The number of hydrogen-bond donors (Lipinski definition) is 1. The molecule has 0 unspecified atom stereocenters. The van der Waals surface area contributed by atoms with Crippen LogP contribution in [0, 0.1) is 0 Å². The fourth-order valence-corrected chi connectivity index (χ4v) is 3.32. The third kappa shape index (κ3) is 4.47. The Morgan fingerprint density at radius 1 is 1.00 bits per heavy atom. The molecule has 3 rings (SSSR count). The second-order valence-electron chi connectivity index (χ2n) is 6.58. The van der Waals surface area contributed by atoms with Crippen molar-refractivity contribution in [3.05, 3.63) is 71.3 Å². The first-order chi connectivity index (χ1) is 12.1. The number of rotatable bonds is 4. The van der Waals surface area contributed by atoms with Gasteiger partial charge in [0.1, 0.15) is 0 Å². The van der Waals surface area contributed by atoms with Crippen LogP contribution in [0.25, 0.3) is 0 Å². The van der Waals surface area contributed by atoms with Crippen LogP contribution >= 0.6 is 0 Å². The summed E-state index contributed by atoms with van der Waals surface area (Å²) in [7, 11) is 0. The minimum Gasteiger partial charge on any atom is -0.352 e. The van der Waals surface area contributed by atoms with Crippen molar-refractivity contribution in [3.63, 3.8) is 0 Å². The van der Waals surface area contributed by atoms with E-state index in [1.807, 2.05) is 35.2 Å². The minimum atomic E-state index is -0.0542. The molecule has 0 radical (unpaired) electrons.